The zero-order valence-corrected chi connectivity index (χ0v) is 12.8. The van der Waals surface area contributed by atoms with Gasteiger partial charge in [0.1, 0.15) is 17.5 Å². The van der Waals surface area contributed by atoms with Crippen molar-refractivity contribution in [2.75, 3.05) is 25.2 Å². The molecule has 1 aromatic carbocycles. The van der Waals surface area contributed by atoms with Crippen molar-refractivity contribution in [2.45, 2.75) is 13.0 Å². The molecule has 116 valence electrons. The fourth-order valence-electron chi connectivity index (χ4n) is 1.51. The van der Waals surface area contributed by atoms with E-state index in [1.165, 1.54) is 18.7 Å². The number of aliphatic carboxylic acids is 1. The first-order chi connectivity index (χ1) is 10.0. The van der Waals surface area contributed by atoms with Crippen LogP contribution in [0.3, 0.4) is 0 Å². The van der Waals surface area contributed by atoms with E-state index < -0.39 is 12.0 Å². The molecule has 0 aliphatic heterocycles. The van der Waals surface area contributed by atoms with Crippen molar-refractivity contribution in [3.8, 4) is 11.5 Å². The summed E-state index contributed by atoms with van der Waals surface area (Å²) in [5, 5.41) is 11.3. The number of carbonyl (C=O) groups excluding carboxylic acids is 1. The van der Waals surface area contributed by atoms with Gasteiger partial charge in [-0.25, -0.2) is 4.79 Å². The number of hydrogen-bond acceptors (Lipinski definition) is 5. The molecule has 0 unspecified atom stereocenters. The number of nitrogens with one attached hydrogen (secondary N) is 1. The molecule has 0 saturated carbocycles. The van der Waals surface area contributed by atoms with Gasteiger partial charge in [-0.1, -0.05) is 0 Å². The van der Waals surface area contributed by atoms with E-state index >= 15 is 0 Å². The summed E-state index contributed by atoms with van der Waals surface area (Å²) in [5.74, 6) is 1.05. The first-order valence-electron chi connectivity index (χ1n) is 6.37. The number of ether oxygens (including phenoxy) is 2. The molecule has 1 atom stereocenters. The Hall–Kier alpha value is -1.89. The van der Waals surface area contributed by atoms with E-state index in [1.807, 2.05) is 0 Å². The normalized spacial score (nSPS) is 11.5. The number of hydrogen-bond donors (Lipinski definition) is 2. The lowest BCUT2D eigenvalue weighted by Gasteiger charge is -2.13. The summed E-state index contributed by atoms with van der Waals surface area (Å²) >= 11 is 1.41. The Bertz CT molecular complexity index is 463. The van der Waals surface area contributed by atoms with Crippen LogP contribution in [-0.2, 0) is 9.59 Å². The molecule has 21 heavy (non-hydrogen) atoms. The highest BCUT2D eigenvalue weighted by Crippen LogP contribution is 2.17. The van der Waals surface area contributed by atoms with Crippen molar-refractivity contribution in [2.24, 2.45) is 0 Å². The lowest BCUT2D eigenvalue weighted by atomic mass is 10.3. The number of carboxylic acids is 1. The van der Waals surface area contributed by atoms with Crippen LogP contribution in [0.2, 0.25) is 0 Å². The van der Waals surface area contributed by atoms with E-state index in [1.54, 1.807) is 31.4 Å². The molecule has 7 heteroatoms. The maximum atomic E-state index is 10.9. The van der Waals surface area contributed by atoms with Gasteiger partial charge in [-0.3, -0.25) is 4.79 Å². The summed E-state index contributed by atoms with van der Waals surface area (Å²) in [6.45, 7) is 1.76. The fourth-order valence-corrected chi connectivity index (χ4v) is 2.34. The van der Waals surface area contributed by atoms with Crippen molar-refractivity contribution in [3.05, 3.63) is 24.3 Å². The van der Waals surface area contributed by atoms with E-state index in [4.69, 9.17) is 14.6 Å². The van der Waals surface area contributed by atoms with Crippen LogP contribution in [0.1, 0.15) is 6.92 Å². The topological polar surface area (TPSA) is 84.9 Å². The molecule has 6 nitrogen and oxygen atoms in total. The standard InChI is InChI=1S/C14H19NO5S/c1-10(16)15-13(14(17)18)9-21-8-7-20-12-5-3-11(19-2)4-6-12/h3-6,13H,7-9H2,1-2H3,(H,15,16)(H,17,18)/t13-/m0/s1. The molecular weight excluding hydrogens is 294 g/mol. The fraction of sp³-hybridized carbons (Fsp3) is 0.429. The summed E-state index contributed by atoms with van der Waals surface area (Å²) < 4.78 is 10.6. The number of carbonyl (C=O) groups is 2. The number of rotatable bonds is 9. The van der Waals surface area contributed by atoms with Crippen LogP contribution in [0, 0.1) is 0 Å². The number of methoxy groups -OCH3 is 1. The Kier molecular flexibility index (Phi) is 7.45. The molecule has 0 radical (unpaired) electrons. The third kappa shape index (κ3) is 6.89. The van der Waals surface area contributed by atoms with Crippen molar-refractivity contribution in [1.29, 1.82) is 0 Å². The number of carboxylic acid groups (broad SMARTS) is 1. The van der Waals surface area contributed by atoms with E-state index in [9.17, 15) is 9.59 Å². The molecule has 0 spiro atoms. The Morgan fingerprint density at radius 3 is 2.43 bits per heavy atom. The average molecular weight is 313 g/mol. The van der Waals surface area contributed by atoms with Crippen LogP contribution in [-0.4, -0.2) is 48.2 Å². The molecule has 0 aliphatic carbocycles. The Morgan fingerprint density at radius 2 is 1.90 bits per heavy atom. The van der Waals surface area contributed by atoms with Crippen molar-refractivity contribution >= 4 is 23.6 Å². The second kappa shape index (κ2) is 9.12. The maximum Gasteiger partial charge on any atom is 0.327 e. The van der Waals surface area contributed by atoms with Crippen LogP contribution in [0.15, 0.2) is 24.3 Å². The van der Waals surface area contributed by atoms with Crippen molar-refractivity contribution in [1.82, 2.24) is 5.32 Å². The summed E-state index contributed by atoms with van der Waals surface area (Å²) in [4.78, 5) is 21.8. The van der Waals surface area contributed by atoms with Gasteiger partial charge in [-0.05, 0) is 24.3 Å². The smallest absolute Gasteiger partial charge is 0.327 e. The van der Waals surface area contributed by atoms with Crippen LogP contribution in [0.5, 0.6) is 11.5 Å². The first kappa shape index (κ1) is 17.2. The Balaban J connectivity index is 2.23. The first-order valence-corrected chi connectivity index (χ1v) is 7.53. The zero-order chi connectivity index (χ0) is 15.7. The SMILES string of the molecule is COc1ccc(OCCSC[C@H](NC(C)=O)C(=O)O)cc1. The minimum atomic E-state index is -1.03. The van der Waals surface area contributed by atoms with Gasteiger partial charge in [-0.2, -0.15) is 11.8 Å². The molecule has 0 saturated heterocycles. The minimum Gasteiger partial charge on any atom is -0.497 e. The van der Waals surface area contributed by atoms with Gasteiger partial charge in [-0.15, -0.1) is 0 Å². The third-order valence-electron chi connectivity index (χ3n) is 2.52. The van der Waals surface area contributed by atoms with Gasteiger partial charge >= 0.3 is 5.97 Å². The number of benzene rings is 1. The van der Waals surface area contributed by atoms with E-state index in [0.717, 1.165) is 11.5 Å². The van der Waals surface area contributed by atoms with Gasteiger partial charge in [0, 0.05) is 18.4 Å². The van der Waals surface area contributed by atoms with Crippen LogP contribution < -0.4 is 14.8 Å². The van der Waals surface area contributed by atoms with Crippen LogP contribution in [0.4, 0.5) is 0 Å². The van der Waals surface area contributed by atoms with Crippen LogP contribution >= 0.6 is 11.8 Å². The molecule has 0 aliphatic rings. The highest BCUT2D eigenvalue weighted by molar-refractivity contribution is 7.99. The van der Waals surface area contributed by atoms with Crippen LogP contribution in [0.25, 0.3) is 0 Å². The molecular formula is C14H19NO5S. The van der Waals surface area contributed by atoms with Gasteiger partial charge in [0.25, 0.3) is 0 Å². The van der Waals surface area contributed by atoms with E-state index in [0.29, 0.717) is 18.1 Å². The molecule has 0 aromatic heterocycles. The maximum absolute atomic E-state index is 10.9. The summed E-state index contributed by atoms with van der Waals surface area (Å²) in [6.07, 6.45) is 0. The Labute approximate surface area is 127 Å². The predicted molar refractivity (Wildman–Crippen MR) is 81.1 cm³/mol. The largest absolute Gasteiger partial charge is 0.497 e. The summed E-state index contributed by atoms with van der Waals surface area (Å²) in [7, 11) is 1.60. The number of thioether (sulfide) groups is 1. The highest BCUT2D eigenvalue weighted by atomic mass is 32.2. The quantitative estimate of drug-likeness (QED) is 0.670. The molecule has 1 rings (SSSR count). The number of amides is 1. The lowest BCUT2D eigenvalue weighted by molar-refractivity contribution is -0.140. The second-order valence-electron chi connectivity index (χ2n) is 4.19. The molecule has 1 aromatic rings. The predicted octanol–water partition coefficient (Wildman–Crippen LogP) is 1.40. The second-order valence-corrected chi connectivity index (χ2v) is 5.34. The summed E-state index contributed by atoms with van der Waals surface area (Å²) in [6, 6.07) is 6.36. The summed E-state index contributed by atoms with van der Waals surface area (Å²) in [5.41, 5.74) is 0. The van der Waals surface area contributed by atoms with Gasteiger partial charge in [0.2, 0.25) is 5.91 Å². The van der Waals surface area contributed by atoms with E-state index in [-0.39, 0.29) is 5.91 Å². The highest BCUT2D eigenvalue weighted by Gasteiger charge is 2.17. The van der Waals surface area contributed by atoms with Crippen molar-refractivity contribution in [3.63, 3.8) is 0 Å². The third-order valence-corrected chi connectivity index (χ3v) is 3.54. The zero-order valence-electron chi connectivity index (χ0n) is 12.0. The average Bonchev–Trinajstić information content (AvgIpc) is 2.45. The van der Waals surface area contributed by atoms with Crippen molar-refractivity contribution < 1.29 is 24.2 Å². The molecule has 2 N–H and O–H groups in total. The minimum absolute atomic E-state index is 0.306. The molecule has 0 heterocycles. The monoisotopic (exact) mass is 313 g/mol. The Morgan fingerprint density at radius 1 is 1.29 bits per heavy atom. The van der Waals surface area contributed by atoms with Gasteiger partial charge < -0.3 is 19.9 Å². The van der Waals surface area contributed by atoms with Gasteiger partial charge in [0.05, 0.1) is 13.7 Å². The molecule has 0 fully saturated rings. The molecule has 1 amide bonds. The lowest BCUT2D eigenvalue weighted by Crippen LogP contribution is -2.41. The van der Waals surface area contributed by atoms with Gasteiger partial charge in [0.15, 0.2) is 0 Å². The van der Waals surface area contributed by atoms with E-state index in [2.05, 4.69) is 5.32 Å². The molecule has 0 bridgehead atoms.